The number of hydrogen-bond acceptors (Lipinski definition) is 3. The van der Waals surface area contributed by atoms with Crippen LogP contribution in [0.5, 0.6) is 0 Å². The third kappa shape index (κ3) is 0.918. The molecule has 2 aliphatic heterocycles. The predicted octanol–water partition coefficient (Wildman–Crippen LogP) is 2.26. The summed E-state index contributed by atoms with van der Waals surface area (Å²) in [5, 5.41) is 10.8. The maximum Gasteiger partial charge on any atom is 0.155 e. The molecule has 0 radical (unpaired) electrons. The highest BCUT2D eigenvalue weighted by atomic mass is 16.7. The Morgan fingerprint density at radius 1 is 1.22 bits per heavy atom. The molecule has 0 unspecified atom stereocenters. The lowest BCUT2D eigenvalue weighted by atomic mass is 9.76. The fourth-order valence-corrected chi connectivity index (χ4v) is 5.16. The quantitative estimate of drug-likeness (QED) is 0.728. The van der Waals surface area contributed by atoms with Crippen LogP contribution < -0.4 is 0 Å². The van der Waals surface area contributed by atoms with Gasteiger partial charge in [0.05, 0.1) is 5.60 Å². The van der Waals surface area contributed by atoms with Gasteiger partial charge < -0.3 is 14.6 Å². The molecule has 2 aliphatic carbocycles. The van der Waals surface area contributed by atoms with Gasteiger partial charge >= 0.3 is 0 Å². The van der Waals surface area contributed by atoms with Gasteiger partial charge in [0, 0.05) is 0 Å². The molecule has 0 bridgehead atoms. The maximum atomic E-state index is 10.8. The molecule has 0 spiro atoms. The fourth-order valence-electron chi connectivity index (χ4n) is 5.16. The van der Waals surface area contributed by atoms with Crippen LogP contribution in [0.1, 0.15) is 53.4 Å². The van der Waals surface area contributed by atoms with Crippen LogP contribution in [-0.4, -0.2) is 33.6 Å². The summed E-state index contributed by atoms with van der Waals surface area (Å²) >= 11 is 0. The molecule has 1 N–H and O–H groups in total. The maximum absolute atomic E-state index is 10.8. The standard InChI is InChI=1S/C15H24O3/c1-9(2)13-6-5-10(3)14-8-7-12(4,16)15(14,18-14)11(13)17-13/h9-11,16H,5-8H2,1-4H3/t10-,11+,12+,13-,14-,15-/m0/s1. The number of ether oxygens (including phenoxy) is 2. The van der Waals surface area contributed by atoms with E-state index in [-0.39, 0.29) is 17.3 Å². The molecular weight excluding hydrogens is 228 g/mol. The monoisotopic (exact) mass is 252 g/mol. The summed E-state index contributed by atoms with van der Waals surface area (Å²) in [5.74, 6) is 1.04. The molecule has 3 heteroatoms. The highest BCUT2D eigenvalue weighted by molar-refractivity contribution is 5.40. The molecular formula is C15H24O3. The Labute approximate surface area is 109 Å². The smallest absolute Gasteiger partial charge is 0.155 e. The predicted molar refractivity (Wildman–Crippen MR) is 67.2 cm³/mol. The van der Waals surface area contributed by atoms with E-state index >= 15 is 0 Å². The zero-order valence-corrected chi connectivity index (χ0v) is 11.8. The van der Waals surface area contributed by atoms with Crippen LogP contribution in [0.2, 0.25) is 0 Å². The number of fused-ring (bicyclic) bond motifs is 1. The van der Waals surface area contributed by atoms with Crippen molar-refractivity contribution in [2.45, 2.75) is 81.9 Å². The Balaban J connectivity index is 1.81. The number of rotatable bonds is 1. The minimum absolute atomic E-state index is 0.0269. The molecule has 0 amide bonds. The Kier molecular flexibility index (Phi) is 1.83. The van der Waals surface area contributed by atoms with Gasteiger partial charge in [-0.1, -0.05) is 20.8 Å². The van der Waals surface area contributed by atoms with Crippen LogP contribution in [0, 0.1) is 11.8 Å². The van der Waals surface area contributed by atoms with Crippen molar-refractivity contribution in [2.75, 3.05) is 0 Å². The van der Waals surface area contributed by atoms with Crippen molar-refractivity contribution < 1.29 is 14.6 Å². The van der Waals surface area contributed by atoms with E-state index < -0.39 is 11.2 Å². The summed E-state index contributed by atoms with van der Waals surface area (Å²) in [5.41, 5.74) is -1.23. The summed E-state index contributed by atoms with van der Waals surface area (Å²) in [6, 6.07) is 0. The lowest BCUT2D eigenvalue weighted by Crippen LogP contribution is -2.48. The van der Waals surface area contributed by atoms with E-state index in [0.29, 0.717) is 11.8 Å². The van der Waals surface area contributed by atoms with Gasteiger partial charge in [0.25, 0.3) is 0 Å². The van der Waals surface area contributed by atoms with Gasteiger partial charge in [-0.15, -0.1) is 0 Å². The molecule has 0 aromatic rings. The second kappa shape index (κ2) is 2.82. The molecule has 4 rings (SSSR count). The van der Waals surface area contributed by atoms with Gasteiger partial charge in [-0.25, -0.2) is 0 Å². The molecule has 4 fully saturated rings. The Bertz CT molecular complexity index is 418. The molecule has 4 aliphatic rings. The molecule has 2 saturated heterocycles. The zero-order chi connectivity index (χ0) is 13.0. The first kappa shape index (κ1) is 11.7. The molecule has 2 heterocycles. The van der Waals surface area contributed by atoms with E-state index in [1.54, 1.807) is 0 Å². The van der Waals surface area contributed by atoms with Crippen molar-refractivity contribution in [3.8, 4) is 0 Å². The summed E-state index contributed by atoms with van der Waals surface area (Å²) in [6.45, 7) is 8.72. The molecule has 2 saturated carbocycles. The lowest BCUT2D eigenvalue weighted by Gasteiger charge is -2.27. The van der Waals surface area contributed by atoms with E-state index in [4.69, 9.17) is 9.47 Å². The third-order valence-electron chi connectivity index (χ3n) is 6.55. The molecule has 102 valence electrons. The summed E-state index contributed by atoms with van der Waals surface area (Å²) in [4.78, 5) is 0. The minimum atomic E-state index is -0.715. The van der Waals surface area contributed by atoms with E-state index in [9.17, 15) is 5.11 Å². The van der Waals surface area contributed by atoms with Crippen molar-refractivity contribution in [1.29, 1.82) is 0 Å². The first-order chi connectivity index (χ1) is 8.32. The second-order valence-electron chi connectivity index (χ2n) is 7.55. The number of epoxide rings is 2. The topological polar surface area (TPSA) is 45.3 Å². The Hall–Kier alpha value is -0.120. The van der Waals surface area contributed by atoms with E-state index in [1.165, 1.54) is 0 Å². The van der Waals surface area contributed by atoms with Crippen LogP contribution in [0.3, 0.4) is 0 Å². The van der Waals surface area contributed by atoms with E-state index in [1.807, 2.05) is 6.92 Å². The van der Waals surface area contributed by atoms with Crippen molar-refractivity contribution in [1.82, 2.24) is 0 Å². The van der Waals surface area contributed by atoms with Crippen LogP contribution in [0.25, 0.3) is 0 Å². The normalized spacial score (nSPS) is 65.0. The Morgan fingerprint density at radius 2 is 1.94 bits per heavy atom. The molecule has 0 aromatic heterocycles. The van der Waals surface area contributed by atoms with Gasteiger partial charge in [0.2, 0.25) is 0 Å². The molecule has 0 aromatic carbocycles. The average molecular weight is 252 g/mol. The number of aliphatic hydroxyl groups is 1. The van der Waals surface area contributed by atoms with Gasteiger partial charge in [-0.05, 0) is 44.4 Å². The van der Waals surface area contributed by atoms with Crippen LogP contribution >= 0.6 is 0 Å². The van der Waals surface area contributed by atoms with Crippen LogP contribution in [0.15, 0.2) is 0 Å². The first-order valence-corrected chi connectivity index (χ1v) is 7.43. The Morgan fingerprint density at radius 3 is 2.61 bits per heavy atom. The van der Waals surface area contributed by atoms with Gasteiger partial charge in [-0.2, -0.15) is 0 Å². The van der Waals surface area contributed by atoms with E-state index in [2.05, 4.69) is 20.8 Å². The summed E-state index contributed by atoms with van der Waals surface area (Å²) in [7, 11) is 0. The van der Waals surface area contributed by atoms with Crippen molar-refractivity contribution >= 4 is 0 Å². The molecule has 6 atom stereocenters. The van der Waals surface area contributed by atoms with Crippen molar-refractivity contribution in [2.24, 2.45) is 11.8 Å². The number of hydrogen-bond donors (Lipinski definition) is 1. The fraction of sp³-hybridized carbons (Fsp3) is 1.00. The molecule has 18 heavy (non-hydrogen) atoms. The highest BCUT2D eigenvalue weighted by Crippen LogP contribution is 2.77. The van der Waals surface area contributed by atoms with E-state index in [0.717, 1.165) is 25.7 Å². The van der Waals surface area contributed by atoms with Gasteiger partial charge in [-0.3, -0.25) is 0 Å². The summed E-state index contributed by atoms with van der Waals surface area (Å²) < 4.78 is 12.4. The van der Waals surface area contributed by atoms with Crippen LogP contribution in [-0.2, 0) is 9.47 Å². The molecule has 3 nitrogen and oxygen atoms in total. The average Bonchev–Trinajstić information content (AvgIpc) is 3.14. The zero-order valence-electron chi connectivity index (χ0n) is 11.8. The summed E-state index contributed by atoms with van der Waals surface area (Å²) in [6.07, 6.45) is 4.25. The third-order valence-corrected chi connectivity index (χ3v) is 6.55. The van der Waals surface area contributed by atoms with Crippen LogP contribution in [0.4, 0.5) is 0 Å². The second-order valence-corrected chi connectivity index (χ2v) is 7.55. The SMILES string of the molecule is CC(C)[C@@]12CC[C@H](C)[C@@]34CC[C@@](C)(O)[C@@]3(O4)[C@@H]1O2. The lowest BCUT2D eigenvalue weighted by molar-refractivity contribution is -0.0396. The van der Waals surface area contributed by atoms with Gasteiger partial charge in [0.1, 0.15) is 17.3 Å². The largest absolute Gasteiger partial charge is 0.387 e. The van der Waals surface area contributed by atoms with Gasteiger partial charge in [0.15, 0.2) is 5.60 Å². The van der Waals surface area contributed by atoms with Crippen molar-refractivity contribution in [3.63, 3.8) is 0 Å². The highest BCUT2D eigenvalue weighted by Gasteiger charge is 2.92. The van der Waals surface area contributed by atoms with Crippen molar-refractivity contribution in [3.05, 3.63) is 0 Å². The minimum Gasteiger partial charge on any atom is -0.387 e. The first-order valence-electron chi connectivity index (χ1n) is 7.43.